The molecule has 156 valence electrons. The van der Waals surface area contributed by atoms with E-state index in [1.54, 1.807) is 12.1 Å². The van der Waals surface area contributed by atoms with E-state index in [4.69, 9.17) is 9.47 Å². The Balaban J connectivity index is 2.62. The van der Waals surface area contributed by atoms with Crippen LogP contribution in [-0.4, -0.2) is 31.4 Å². The normalized spacial score (nSPS) is 12.9. The molecule has 2 aromatic rings. The van der Waals surface area contributed by atoms with E-state index in [2.05, 4.69) is 0 Å². The summed E-state index contributed by atoms with van der Waals surface area (Å²) in [5.41, 5.74) is 1.79. The number of hydrogen-bond donors (Lipinski definition) is 0. The number of aryl methyl sites for hydroxylation is 3. The molecule has 0 heterocycles. The summed E-state index contributed by atoms with van der Waals surface area (Å²) in [4.78, 5) is 27.0. The molecule has 2 rings (SSSR count). The Bertz CT molecular complexity index is 954. The fourth-order valence-electron chi connectivity index (χ4n) is 3.54. The van der Waals surface area contributed by atoms with Crippen molar-refractivity contribution < 1.29 is 23.6 Å². The van der Waals surface area contributed by atoms with Gasteiger partial charge in [-0.25, -0.2) is 0 Å². The lowest BCUT2D eigenvalue weighted by Gasteiger charge is -2.20. The van der Waals surface area contributed by atoms with Gasteiger partial charge < -0.3 is 14.0 Å². The van der Waals surface area contributed by atoms with Crippen molar-refractivity contribution in [3.63, 3.8) is 0 Å². The number of carbonyl (C=O) groups is 2. The Labute approximate surface area is 172 Å². The first-order chi connectivity index (χ1) is 13.7. The molecular formula is C23H29O5P. The van der Waals surface area contributed by atoms with Gasteiger partial charge in [0.25, 0.3) is 0 Å². The van der Waals surface area contributed by atoms with E-state index < -0.39 is 18.2 Å². The summed E-state index contributed by atoms with van der Waals surface area (Å²) in [6.45, 7) is 7.51. The van der Waals surface area contributed by atoms with Crippen molar-refractivity contribution in [2.45, 2.75) is 40.5 Å². The third-order valence-corrected chi connectivity index (χ3v) is 7.74. The summed E-state index contributed by atoms with van der Waals surface area (Å²) >= 11 is 0. The van der Waals surface area contributed by atoms with Gasteiger partial charge in [-0.15, -0.1) is 0 Å². The van der Waals surface area contributed by atoms with E-state index in [-0.39, 0.29) is 17.5 Å². The van der Waals surface area contributed by atoms with Gasteiger partial charge in [-0.3, -0.25) is 9.59 Å². The fourth-order valence-corrected chi connectivity index (χ4v) is 6.18. The van der Waals surface area contributed by atoms with Crippen LogP contribution < -0.4 is 9.47 Å². The van der Waals surface area contributed by atoms with Crippen LogP contribution in [0.2, 0.25) is 0 Å². The molecule has 0 aliphatic heterocycles. The molecule has 0 spiro atoms. The van der Waals surface area contributed by atoms with Crippen molar-refractivity contribution in [1.29, 1.82) is 0 Å². The smallest absolute Gasteiger partial charge is 0.232 e. The Hall–Kier alpha value is -2.39. The van der Waals surface area contributed by atoms with E-state index in [0.29, 0.717) is 17.7 Å². The molecule has 0 saturated heterocycles. The van der Waals surface area contributed by atoms with Crippen molar-refractivity contribution in [2.75, 3.05) is 20.4 Å². The lowest BCUT2D eigenvalue weighted by molar-refractivity contribution is 0.103. The van der Waals surface area contributed by atoms with Crippen LogP contribution in [0.1, 0.15) is 57.2 Å². The first kappa shape index (κ1) is 22.9. The highest BCUT2D eigenvalue weighted by Crippen LogP contribution is 2.54. The van der Waals surface area contributed by atoms with Crippen molar-refractivity contribution in [2.24, 2.45) is 0 Å². The third-order valence-electron chi connectivity index (χ3n) is 5.01. The second-order valence-corrected chi connectivity index (χ2v) is 10.0. The molecule has 0 aliphatic carbocycles. The highest BCUT2D eigenvalue weighted by atomic mass is 31.2. The van der Waals surface area contributed by atoms with Gasteiger partial charge in [-0.2, -0.15) is 0 Å². The summed E-state index contributed by atoms with van der Waals surface area (Å²) in [6, 6.07) is 8.43. The van der Waals surface area contributed by atoms with Crippen LogP contribution in [-0.2, 0) is 4.57 Å². The number of rotatable bonds is 9. The summed E-state index contributed by atoms with van der Waals surface area (Å²) in [5.74, 6) is 0.759. The summed E-state index contributed by atoms with van der Waals surface area (Å²) in [5, 5.41) is 0. The summed E-state index contributed by atoms with van der Waals surface area (Å²) < 4.78 is 24.5. The lowest BCUT2D eigenvalue weighted by atomic mass is 10.0. The van der Waals surface area contributed by atoms with Crippen molar-refractivity contribution in [1.82, 2.24) is 0 Å². The molecular weight excluding hydrogens is 387 g/mol. The maximum absolute atomic E-state index is 14.0. The van der Waals surface area contributed by atoms with Crippen LogP contribution >= 0.6 is 7.14 Å². The molecule has 0 aliphatic rings. The molecule has 0 bridgehead atoms. The zero-order valence-electron chi connectivity index (χ0n) is 18.0. The monoisotopic (exact) mass is 416 g/mol. The molecule has 5 nitrogen and oxygen atoms in total. The molecule has 0 amide bonds. The second kappa shape index (κ2) is 9.41. The first-order valence-corrected chi connectivity index (χ1v) is 11.6. The molecule has 0 radical (unpaired) electrons. The number of ether oxygens (including phenoxy) is 2. The van der Waals surface area contributed by atoms with Crippen molar-refractivity contribution >= 4 is 18.2 Å². The van der Waals surface area contributed by atoms with Crippen molar-refractivity contribution in [3.8, 4) is 11.5 Å². The quantitative estimate of drug-likeness (QED) is 0.485. The van der Waals surface area contributed by atoms with Gasteiger partial charge in [0.2, 0.25) is 18.2 Å². The number of benzene rings is 2. The Kier molecular flexibility index (Phi) is 7.43. The maximum atomic E-state index is 14.0. The predicted molar refractivity (Wildman–Crippen MR) is 116 cm³/mol. The summed E-state index contributed by atoms with van der Waals surface area (Å²) in [6.07, 6.45) is 1.30. The van der Waals surface area contributed by atoms with E-state index in [1.165, 1.54) is 20.3 Å². The lowest BCUT2D eigenvalue weighted by Crippen LogP contribution is -2.16. The Morgan fingerprint density at radius 1 is 0.931 bits per heavy atom. The molecule has 2 aromatic carbocycles. The van der Waals surface area contributed by atoms with Gasteiger partial charge >= 0.3 is 0 Å². The topological polar surface area (TPSA) is 69.7 Å². The van der Waals surface area contributed by atoms with Gasteiger partial charge in [-0.1, -0.05) is 31.0 Å². The van der Waals surface area contributed by atoms with Crippen molar-refractivity contribution in [3.05, 3.63) is 58.1 Å². The van der Waals surface area contributed by atoms with Crippen LogP contribution in [0.4, 0.5) is 0 Å². The molecule has 0 fully saturated rings. The van der Waals surface area contributed by atoms with Gasteiger partial charge in [0, 0.05) is 17.8 Å². The van der Waals surface area contributed by atoms with Gasteiger partial charge in [0.1, 0.15) is 11.5 Å². The fraction of sp³-hybridized carbons (Fsp3) is 0.391. The average Bonchev–Trinajstić information content (AvgIpc) is 2.69. The van der Waals surface area contributed by atoms with E-state index in [9.17, 15) is 14.2 Å². The Morgan fingerprint density at radius 2 is 1.55 bits per heavy atom. The Morgan fingerprint density at radius 3 is 2.07 bits per heavy atom. The first-order valence-electron chi connectivity index (χ1n) is 9.68. The predicted octanol–water partition coefficient (Wildman–Crippen LogP) is 5.77. The minimum absolute atomic E-state index is 0.0447. The largest absolute Gasteiger partial charge is 0.497 e. The van der Waals surface area contributed by atoms with Crippen LogP contribution in [0.15, 0.2) is 30.3 Å². The van der Waals surface area contributed by atoms with Gasteiger partial charge in [0.05, 0.1) is 19.8 Å². The molecule has 0 saturated carbocycles. The number of unbranched alkanes of at least 4 members (excludes halogenated alkanes) is 1. The molecule has 0 aromatic heterocycles. The van der Waals surface area contributed by atoms with Crippen LogP contribution in [0.3, 0.4) is 0 Å². The van der Waals surface area contributed by atoms with E-state index >= 15 is 0 Å². The number of carbonyl (C=O) groups excluding carboxylic acids is 2. The number of hydrogen-bond acceptors (Lipinski definition) is 5. The minimum atomic E-state index is -3.89. The SMILES string of the molecule is CCCCP(=O)(C(=O)c1ccc(OC)cc1OC)C(=O)c1c(C)cc(C)cc1C. The zero-order valence-corrected chi connectivity index (χ0v) is 18.9. The highest BCUT2D eigenvalue weighted by molar-refractivity contribution is 7.95. The standard InChI is InChI=1S/C23H29O5P/c1-7-8-11-29(26,23(25)21-16(3)12-15(2)13-17(21)4)22(24)19-10-9-18(27-5)14-20(19)28-6/h9-10,12-14H,7-8,11H2,1-6H3. The second-order valence-electron chi connectivity index (χ2n) is 7.27. The summed E-state index contributed by atoms with van der Waals surface area (Å²) in [7, 11) is -0.955. The molecule has 1 unspecified atom stereocenters. The molecule has 0 N–H and O–H groups in total. The maximum Gasteiger partial charge on any atom is 0.232 e. The van der Waals surface area contributed by atoms with E-state index in [1.807, 2.05) is 39.8 Å². The van der Waals surface area contributed by atoms with Crippen LogP contribution in [0.25, 0.3) is 0 Å². The molecule has 6 heteroatoms. The van der Waals surface area contributed by atoms with Crippen LogP contribution in [0.5, 0.6) is 11.5 Å². The minimum Gasteiger partial charge on any atom is -0.497 e. The molecule has 29 heavy (non-hydrogen) atoms. The number of methoxy groups -OCH3 is 2. The molecule has 1 atom stereocenters. The zero-order chi connectivity index (χ0) is 21.8. The van der Waals surface area contributed by atoms with Gasteiger partial charge in [-0.05, 0) is 50.5 Å². The average molecular weight is 416 g/mol. The third kappa shape index (κ3) is 4.62. The van der Waals surface area contributed by atoms with Gasteiger partial charge in [0.15, 0.2) is 0 Å². The van der Waals surface area contributed by atoms with Crippen LogP contribution in [0, 0.1) is 20.8 Å². The highest BCUT2D eigenvalue weighted by Gasteiger charge is 2.42. The van der Waals surface area contributed by atoms with E-state index in [0.717, 1.165) is 23.1 Å².